The average Bonchev–Trinajstić information content (AvgIpc) is 2.45. The fraction of sp³-hybridized carbons (Fsp3) is 0.727. The molecule has 0 atom stereocenters. The molecule has 0 unspecified atom stereocenters. The summed E-state index contributed by atoms with van der Waals surface area (Å²) in [7, 11) is 0. The predicted molar refractivity (Wildman–Crippen MR) is 94.5 cm³/mol. The average molecular weight is 296 g/mol. The first kappa shape index (κ1) is 14.8. The smallest absolute Gasteiger partial charge is 0.00389 e. The molecule has 22 heavy (non-hydrogen) atoms. The molecule has 4 aliphatic rings. The van der Waals surface area contributed by atoms with Crippen LogP contribution < -0.4 is 0 Å². The first-order valence-corrected chi connectivity index (χ1v) is 9.60. The summed E-state index contributed by atoms with van der Waals surface area (Å²) in [5.74, 6) is 4.40. The number of hydrogen-bond acceptors (Lipinski definition) is 0. The number of hydrogen-bond donors (Lipinski definition) is 0. The van der Waals surface area contributed by atoms with E-state index in [4.69, 9.17) is 0 Å². The second-order valence-electron chi connectivity index (χ2n) is 9.40. The molecule has 0 aliphatic heterocycles. The molecular formula is C22H32. The highest BCUT2D eigenvalue weighted by Crippen LogP contribution is 2.61. The van der Waals surface area contributed by atoms with Gasteiger partial charge in [-0.2, -0.15) is 0 Å². The molecule has 1 aromatic carbocycles. The van der Waals surface area contributed by atoms with Crippen LogP contribution in [-0.2, 0) is 5.41 Å². The van der Waals surface area contributed by atoms with E-state index in [2.05, 4.69) is 45.9 Å². The van der Waals surface area contributed by atoms with Crippen molar-refractivity contribution >= 4 is 0 Å². The molecule has 1 aromatic rings. The SMILES string of the molecule is CC(C)c1cc(C(C)C)cc(C23CC4CC(CC(C4)C2)C3)c1. The van der Waals surface area contributed by atoms with Gasteiger partial charge in [-0.25, -0.2) is 0 Å². The first-order valence-electron chi connectivity index (χ1n) is 9.60. The van der Waals surface area contributed by atoms with Gasteiger partial charge in [-0.15, -0.1) is 0 Å². The topological polar surface area (TPSA) is 0 Å². The van der Waals surface area contributed by atoms with Crippen molar-refractivity contribution in [2.45, 2.75) is 83.5 Å². The number of benzene rings is 1. The minimum atomic E-state index is 0.545. The molecule has 0 N–H and O–H groups in total. The molecule has 5 rings (SSSR count). The lowest BCUT2D eigenvalue weighted by Crippen LogP contribution is -2.48. The van der Waals surface area contributed by atoms with Crippen molar-refractivity contribution in [1.29, 1.82) is 0 Å². The van der Waals surface area contributed by atoms with E-state index in [1.165, 1.54) is 19.3 Å². The van der Waals surface area contributed by atoms with Gasteiger partial charge in [0.25, 0.3) is 0 Å². The molecule has 0 saturated heterocycles. The molecule has 0 heterocycles. The highest BCUT2D eigenvalue weighted by molar-refractivity contribution is 5.39. The summed E-state index contributed by atoms with van der Waals surface area (Å²) in [5, 5.41) is 0. The molecule has 4 fully saturated rings. The van der Waals surface area contributed by atoms with E-state index < -0.39 is 0 Å². The zero-order chi connectivity index (χ0) is 15.5. The van der Waals surface area contributed by atoms with Crippen molar-refractivity contribution in [2.24, 2.45) is 17.8 Å². The van der Waals surface area contributed by atoms with Crippen LogP contribution in [0, 0.1) is 17.8 Å². The third kappa shape index (κ3) is 2.34. The van der Waals surface area contributed by atoms with Crippen molar-refractivity contribution in [3.63, 3.8) is 0 Å². The standard InChI is InChI=1S/C22H32/c1-14(2)19-8-20(15(3)4)10-21(9-19)22-11-16-5-17(12-22)7-18(6-16)13-22/h8-10,14-18H,5-7,11-13H2,1-4H3. The van der Waals surface area contributed by atoms with Gasteiger partial charge >= 0.3 is 0 Å². The van der Waals surface area contributed by atoms with Crippen molar-refractivity contribution < 1.29 is 0 Å². The van der Waals surface area contributed by atoms with Crippen LogP contribution in [0.1, 0.15) is 94.7 Å². The van der Waals surface area contributed by atoms with E-state index in [0.29, 0.717) is 17.3 Å². The summed E-state index contributed by atoms with van der Waals surface area (Å²) in [5.41, 5.74) is 5.39. The van der Waals surface area contributed by atoms with Gasteiger partial charge in [-0.05, 0) is 90.2 Å². The Morgan fingerprint density at radius 1 is 0.727 bits per heavy atom. The normalized spacial score (nSPS) is 36.5. The van der Waals surface area contributed by atoms with Crippen LogP contribution in [0.4, 0.5) is 0 Å². The highest BCUT2D eigenvalue weighted by Gasteiger charge is 2.51. The highest BCUT2D eigenvalue weighted by atomic mass is 14.6. The van der Waals surface area contributed by atoms with Gasteiger partial charge in [-0.3, -0.25) is 0 Å². The van der Waals surface area contributed by atoms with Gasteiger partial charge in [0.1, 0.15) is 0 Å². The zero-order valence-electron chi connectivity index (χ0n) is 14.9. The largest absolute Gasteiger partial charge is 0.0587 e. The molecular weight excluding hydrogens is 264 g/mol. The van der Waals surface area contributed by atoms with Crippen LogP contribution in [0.2, 0.25) is 0 Å². The zero-order valence-corrected chi connectivity index (χ0v) is 14.9. The minimum absolute atomic E-state index is 0.545. The molecule has 0 heteroatoms. The van der Waals surface area contributed by atoms with Crippen LogP contribution >= 0.6 is 0 Å². The van der Waals surface area contributed by atoms with E-state index in [9.17, 15) is 0 Å². The Morgan fingerprint density at radius 3 is 1.50 bits per heavy atom. The molecule has 4 saturated carbocycles. The lowest BCUT2D eigenvalue weighted by Gasteiger charge is -2.57. The maximum Gasteiger partial charge on any atom is -0.00389 e. The van der Waals surface area contributed by atoms with Crippen LogP contribution in [0.25, 0.3) is 0 Å². The molecule has 4 bridgehead atoms. The van der Waals surface area contributed by atoms with Crippen molar-refractivity contribution in [2.75, 3.05) is 0 Å². The molecule has 120 valence electrons. The number of rotatable bonds is 3. The Morgan fingerprint density at radius 2 is 1.14 bits per heavy atom. The summed E-state index contributed by atoms with van der Waals surface area (Å²) in [4.78, 5) is 0. The van der Waals surface area contributed by atoms with Crippen molar-refractivity contribution in [3.8, 4) is 0 Å². The van der Waals surface area contributed by atoms with Gasteiger partial charge < -0.3 is 0 Å². The van der Waals surface area contributed by atoms with E-state index in [1.807, 2.05) is 0 Å². The van der Waals surface area contributed by atoms with Gasteiger partial charge in [0.2, 0.25) is 0 Å². The second kappa shape index (κ2) is 5.11. The van der Waals surface area contributed by atoms with Gasteiger partial charge in [-0.1, -0.05) is 45.9 Å². The van der Waals surface area contributed by atoms with E-state index in [-0.39, 0.29) is 0 Å². The van der Waals surface area contributed by atoms with Crippen molar-refractivity contribution in [1.82, 2.24) is 0 Å². The summed E-state index contributed by atoms with van der Waals surface area (Å²) in [6, 6.07) is 7.65. The molecule has 0 amide bonds. The Hall–Kier alpha value is -0.780. The maximum atomic E-state index is 2.59. The Balaban J connectivity index is 1.78. The quantitative estimate of drug-likeness (QED) is 0.605. The molecule has 0 nitrogen and oxygen atoms in total. The van der Waals surface area contributed by atoms with E-state index in [0.717, 1.165) is 17.8 Å². The third-order valence-electron chi connectivity index (χ3n) is 6.96. The second-order valence-corrected chi connectivity index (χ2v) is 9.40. The van der Waals surface area contributed by atoms with Crippen molar-refractivity contribution in [3.05, 3.63) is 34.9 Å². The molecule has 4 aliphatic carbocycles. The minimum Gasteiger partial charge on any atom is -0.0587 e. The lowest BCUT2D eigenvalue weighted by atomic mass is 9.48. The van der Waals surface area contributed by atoms with Crippen LogP contribution in [0.3, 0.4) is 0 Å². The molecule has 0 radical (unpaired) electrons. The fourth-order valence-electron chi connectivity index (χ4n) is 6.11. The predicted octanol–water partition coefficient (Wildman–Crippen LogP) is 6.40. The Labute approximate surface area is 136 Å². The molecule has 0 spiro atoms. The van der Waals surface area contributed by atoms with Crippen LogP contribution in [0.15, 0.2) is 18.2 Å². The van der Waals surface area contributed by atoms with Gasteiger partial charge in [0, 0.05) is 0 Å². The van der Waals surface area contributed by atoms with E-state index in [1.54, 1.807) is 36.0 Å². The monoisotopic (exact) mass is 296 g/mol. The fourth-order valence-corrected chi connectivity index (χ4v) is 6.11. The molecule has 0 aromatic heterocycles. The van der Waals surface area contributed by atoms with Gasteiger partial charge in [0.05, 0.1) is 0 Å². The summed E-state index contributed by atoms with van der Waals surface area (Å²) >= 11 is 0. The van der Waals surface area contributed by atoms with E-state index >= 15 is 0 Å². The summed E-state index contributed by atoms with van der Waals surface area (Å²) in [6.07, 6.45) is 9.08. The summed E-state index contributed by atoms with van der Waals surface area (Å²) < 4.78 is 0. The maximum absolute atomic E-state index is 2.59. The third-order valence-corrected chi connectivity index (χ3v) is 6.96. The van der Waals surface area contributed by atoms with Crippen LogP contribution in [0.5, 0.6) is 0 Å². The van der Waals surface area contributed by atoms with Crippen LogP contribution in [-0.4, -0.2) is 0 Å². The lowest BCUT2D eigenvalue weighted by molar-refractivity contribution is -0.00526. The Kier molecular flexibility index (Phi) is 3.44. The first-order chi connectivity index (χ1) is 10.4. The Bertz CT molecular complexity index is 502. The summed E-state index contributed by atoms with van der Waals surface area (Å²) in [6.45, 7) is 9.40. The van der Waals surface area contributed by atoms with Gasteiger partial charge in [0.15, 0.2) is 0 Å².